The van der Waals surface area contributed by atoms with Crippen LogP contribution >= 0.6 is 0 Å². The van der Waals surface area contributed by atoms with Crippen molar-refractivity contribution in [3.05, 3.63) is 35.4 Å². The van der Waals surface area contributed by atoms with Crippen LogP contribution in [0.4, 0.5) is 8.78 Å². The van der Waals surface area contributed by atoms with Crippen molar-refractivity contribution in [1.29, 1.82) is 0 Å². The lowest BCUT2D eigenvalue weighted by Gasteiger charge is -2.32. The fraction of sp³-hybridized carbons (Fsp3) is 0.500. The Bertz CT molecular complexity index is 475. The van der Waals surface area contributed by atoms with Crippen LogP contribution in [-0.4, -0.2) is 19.0 Å². The second-order valence-electron chi connectivity index (χ2n) is 5.10. The van der Waals surface area contributed by atoms with Crippen molar-refractivity contribution >= 4 is 5.91 Å². The van der Waals surface area contributed by atoms with Gasteiger partial charge in [0, 0.05) is 17.5 Å². The highest BCUT2D eigenvalue weighted by Crippen LogP contribution is 2.20. The molecule has 1 aromatic carbocycles. The molecule has 1 amide bonds. The molecule has 1 aromatic rings. The Morgan fingerprint density at radius 3 is 2.58 bits per heavy atom. The molecule has 1 unspecified atom stereocenters. The van der Waals surface area contributed by atoms with Gasteiger partial charge in [0.15, 0.2) is 0 Å². The lowest BCUT2D eigenvalue weighted by atomic mass is 9.88. The average Bonchev–Trinajstić information content (AvgIpc) is 2.25. The van der Waals surface area contributed by atoms with Crippen molar-refractivity contribution in [2.45, 2.75) is 19.9 Å². The third-order valence-corrected chi connectivity index (χ3v) is 3.72. The van der Waals surface area contributed by atoms with Gasteiger partial charge in [-0.1, -0.05) is 13.0 Å². The molecule has 2 rings (SSSR count). The number of benzene rings is 1. The molecule has 104 valence electrons. The minimum Gasteiger partial charge on any atom is -0.349 e. The zero-order chi connectivity index (χ0) is 14.0. The van der Waals surface area contributed by atoms with Gasteiger partial charge in [-0.25, -0.2) is 8.78 Å². The summed E-state index contributed by atoms with van der Waals surface area (Å²) < 4.78 is 26.4. The van der Waals surface area contributed by atoms with Crippen LogP contribution in [0.25, 0.3) is 0 Å². The Kier molecular flexibility index (Phi) is 4.14. The topological polar surface area (TPSA) is 41.1 Å². The van der Waals surface area contributed by atoms with Crippen LogP contribution in [0.15, 0.2) is 18.2 Å². The van der Waals surface area contributed by atoms with Crippen molar-refractivity contribution in [2.24, 2.45) is 11.8 Å². The van der Waals surface area contributed by atoms with Gasteiger partial charge in [0.1, 0.15) is 11.6 Å². The first-order chi connectivity index (χ1) is 8.99. The van der Waals surface area contributed by atoms with E-state index < -0.39 is 17.7 Å². The quantitative estimate of drug-likeness (QED) is 0.877. The van der Waals surface area contributed by atoms with Crippen LogP contribution in [-0.2, 0) is 4.79 Å². The number of nitrogens with one attached hydrogen (secondary N) is 2. The third kappa shape index (κ3) is 3.10. The van der Waals surface area contributed by atoms with Gasteiger partial charge in [-0.3, -0.25) is 4.79 Å². The van der Waals surface area contributed by atoms with Gasteiger partial charge in [-0.05, 0) is 32.0 Å². The highest BCUT2D eigenvalue weighted by molar-refractivity contribution is 5.79. The Labute approximate surface area is 111 Å². The van der Waals surface area contributed by atoms with E-state index in [9.17, 15) is 13.6 Å². The normalized spacial score (nSPS) is 18.5. The molecule has 1 fully saturated rings. The molecule has 1 aliphatic heterocycles. The number of rotatable bonds is 4. The number of halogens is 2. The highest BCUT2D eigenvalue weighted by Gasteiger charge is 2.29. The number of carbonyl (C=O) groups excluding carboxylic acids is 1. The zero-order valence-corrected chi connectivity index (χ0v) is 11.0. The van der Waals surface area contributed by atoms with Gasteiger partial charge in [-0.15, -0.1) is 0 Å². The summed E-state index contributed by atoms with van der Waals surface area (Å²) in [5, 5.41) is 5.89. The molecule has 2 atom stereocenters. The predicted octanol–water partition coefficient (Wildman–Crippen LogP) is 2.00. The summed E-state index contributed by atoms with van der Waals surface area (Å²) in [4.78, 5) is 12.0. The van der Waals surface area contributed by atoms with Crippen molar-refractivity contribution in [2.75, 3.05) is 13.1 Å². The van der Waals surface area contributed by atoms with E-state index in [1.807, 2.05) is 6.92 Å². The number of hydrogen-bond acceptors (Lipinski definition) is 2. The summed E-state index contributed by atoms with van der Waals surface area (Å²) in [6.45, 7) is 5.25. The van der Waals surface area contributed by atoms with Crippen molar-refractivity contribution in [3.8, 4) is 0 Å². The Morgan fingerprint density at radius 2 is 2.05 bits per heavy atom. The maximum Gasteiger partial charge on any atom is 0.223 e. The van der Waals surface area contributed by atoms with E-state index in [1.54, 1.807) is 6.92 Å². The molecule has 0 aliphatic carbocycles. The lowest BCUT2D eigenvalue weighted by molar-refractivity contribution is -0.127. The third-order valence-electron chi connectivity index (χ3n) is 3.72. The van der Waals surface area contributed by atoms with Crippen LogP contribution in [0.1, 0.15) is 25.5 Å². The first-order valence-electron chi connectivity index (χ1n) is 6.45. The van der Waals surface area contributed by atoms with Crippen molar-refractivity contribution < 1.29 is 13.6 Å². The highest BCUT2D eigenvalue weighted by atomic mass is 19.1. The molecule has 0 radical (unpaired) electrons. The maximum absolute atomic E-state index is 13.6. The van der Waals surface area contributed by atoms with Crippen molar-refractivity contribution in [1.82, 2.24) is 10.6 Å². The lowest BCUT2D eigenvalue weighted by Crippen LogP contribution is -2.49. The van der Waals surface area contributed by atoms with Gasteiger partial charge >= 0.3 is 0 Å². The van der Waals surface area contributed by atoms with Crippen LogP contribution in [0, 0.1) is 23.5 Å². The molecule has 2 N–H and O–H groups in total. The molecular formula is C14H18F2N2O. The maximum atomic E-state index is 13.6. The van der Waals surface area contributed by atoms with Crippen molar-refractivity contribution in [3.63, 3.8) is 0 Å². The first kappa shape index (κ1) is 13.9. The molecule has 0 aromatic heterocycles. The Morgan fingerprint density at radius 1 is 1.37 bits per heavy atom. The van der Waals surface area contributed by atoms with Gasteiger partial charge < -0.3 is 10.6 Å². The van der Waals surface area contributed by atoms with E-state index in [0.717, 1.165) is 19.2 Å². The number of hydrogen-bond donors (Lipinski definition) is 2. The van der Waals surface area contributed by atoms with E-state index in [2.05, 4.69) is 10.6 Å². The molecule has 1 saturated heterocycles. The summed E-state index contributed by atoms with van der Waals surface area (Å²) in [5.74, 6) is -1.11. The van der Waals surface area contributed by atoms with E-state index in [-0.39, 0.29) is 11.8 Å². The number of amides is 1. The fourth-order valence-electron chi connectivity index (χ4n) is 2.15. The SMILES string of the molecule is CC(C(=O)N[C@H](C)c1ccc(F)cc1F)C1CNC1. The van der Waals surface area contributed by atoms with E-state index in [0.29, 0.717) is 11.5 Å². The van der Waals surface area contributed by atoms with Crippen LogP contribution in [0.5, 0.6) is 0 Å². The largest absolute Gasteiger partial charge is 0.349 e. The first-order valence-corrected chi connectivity index (χ1v) is 6.45. The van der Waals surface area contributed by atoms with Gasteiger partial charge in [0.25, 0.3) is 0 Å². The minimum atomic E-state index is -0.634. The van der Waals surface area contributed by atoms with Gasteiger partial charge in [-0.2, -0.15) is 0 Å². The second-order valence-corrected chi connectivity index (χ2v) is 5.10. The average molecular weight is 268 g/mol. The molecule has 0 saturated carbocycles. The molecule has 3 nitrogen and oxygen atoms in total. The standard InChI is InChI=1S/C14H18F2N2O/c1-8(10-6-17-7-10)14(19)18-9(2)12-4-3-11(15)5-13(12)16/h3-5,8-10,17H,6-7H2,1-2H3,(H,18,19)/t8?,9-/m1/s1. The van der Waals surface area contributed by atoms with Crippen LogP contribution in [0.3, 0.4) is 0 Å². The fourth-order valence-corrected chi connectivity index (χ4v) is 2.15. The summed E-state index contributed by atoms with van der Waals surface area (Å²) in [7, 11) is 0. The molecule has 0 bridgehead atoms. The molecule has 1 heterocycles. The monoisotopic (exact) mass is 268 g/mol. The molecule has 19 heavy (non-hydrogen) atoms. The Balaban J connectivity index is 1.99. The summed E-state index contributed by atoms with van der Waals surface area (Å²) in [6, 6.07) is 2.92. The van der Waals surface area contributed by atoms with Gasteiger partial charge in [0.2, 0.25) is 5.91 Å². The number of carbonyl (C=O) groups is 1. The summed E-state index contributed by atoms with van der Waals surface area (Å²) >= 11 is 0. The molecule has 5 heteroatoms. The van der Waals surface area contributed by atoms with E-state index in [4.69, 9.17) is 0 Å². The zero-order valence-electron chi connectivity index (χ0n) is 11.0. The summed E-state index contributed by atoms with van der Waals surface area (Å²) in [5.41, 5.74) is 0.300. The molecular weight excluding hydrogens is 250 g/mol. The Hall–Kier alpha value is -1.49. The van der Waals surface area contributed by atoms with E-state index in [1.165, 1.54) is 12.1 Å². The smallest absolute Gasteiger partial charge is 0.223 e. The minimum absolute atomic E-state index is 0.0947. The molecule has 1 aliphatic rings. The van der Waals surface area contributed by atoms with Crippen LogP contribution in [0.2, 0.25) is 0 Å². The second kappa shape index (κ2) is 5.65. The van der Waals surface area contributed by atoms with Gasteiger partial charge in [0.05, 0.1) is 6.04 Å². The van der Waals surface area contributed by atoms with Crippen LogP contribution < -0.4 is 10.6 Å². The van der Waals surface area contributed by atoms with E-state index >= 15 is 0 Å². The predicted molar refractivity (Wildman–Crippen MR) is 68.4 cm³/mol. The summed E-state index contributed by atoms with van der Waals surface area (Å²) in [6.07, 6.45) is 0. The molecule has 0 spiro atoms.